The number of benzene rings is 2. The molecule has 0 aliphatic carbocycles. The number of hydrogen-bond acceptors (Lipinski definition) is 10. The molecule has 0 saturated carbocycles. The normalized spacial score (nSPS) is 13.5. The number of azo groups is 1. The summed E-state index contributed by atoms with van der Waals surface area (Å²) >= 11 is 13.4. The van der Waals surface area contributed by atoms with Gasteiger partial charge in [0.1, 0.15) is 12.2 Å². The zero-order chi connectivity index (χ0) is 27.4. The molecule has 2 heterocycles. The molecule has 198 valence electrons. The van der Waals surface area contributed by atoms with Crippen molar-refractivity contribution in [3.05, 3.63) is 40.4 Å². The molecule has 0 unspecified atom stereocenters. The second-order valence-electron chi connectivity index (χ2n) is 8.25. The Hall–Kier alpha value is -3.61. The maximum atomic E-state index is 12.1. The van der Waals surface area contributed by atoms with Gasteiger partial charge in [0.2, 0.25) is 22.9 Å². The van der Waals surface area contributed by atoms with Crippen LogP contribution in [0.3, 0.4) is 0 Å². The smallest absolute Gasteiger partial charge is 0.325 e. The van der Waals surface area contributed by atoms with Crippen molar-refractivity contribution in [3.63, 3.8) is 0 Å². The van der Waals surface area contributed by atoms with Crippen molar-refractivity contribution in [2.45, 2.75) is 19.8 Å². The summed E-state index contributed by atoms with van der Waals surface area (Å²) in [6.07, 6.45) is 0.355. The fourth-order valence-corrected chi connectivity index (χ4v) is 4.96. The van der Waals surface area contributed by atoms with Gasteiger partial charge < -0.3 is 15.0 Å². The largest absolute Gasteiger partial charge is 0.468 e. The summed E-state index contributed by atoms with van der Waals surface area (Å²) in [5.41, 5.74) is 1.86. The number of thiazole rings is 1. The molecule has 14 heteroatoms. The molecule has 2 aromatic carbocycles. The Balaban J connectivity index is 1.61. The number of likely N-dealkylation sites (tertiary alicyclic amines) is 1. The number of ether oxygens (including phenoxy) is 1. The highest BCUT2D eigenvalue weighted by molar-refractivity contribution is 7.22. The van der Waals surface area contributed by atoms with Crippen molar-refractivity contribution < 1.29 is 23.9 Å². The first-order chi connectivity index (χ1) is 18.1. The van der Waals surface area contributed by atoms with E-state index in [-0.39, 0.29) is 50.2 Å². The van der Waals surface area contributed by atoms with Crippen LogP contribution in [-0.2, 0) is 23.9 Å². The molecule has 1 aromatic heterocycles. The van der Waals surface area contributed by atoms with Crippen LogP contribution < -0.4 is 10.2 Å². The molecule has 0 atom stereocenters. The van der Waals surface area contributed by atoms with E-state index in [0.717, 1.165) is 4.70 Å². The standard InChI is InChI=1S/C24H22Cl2N6O5S/c1-13(33)27-18-9-14(31(12-23(36)37-2)7-8-32-21(34)5-6-22(32)35)3-4-17(18)29-30-24-28-19-10-15(25)16(26)11-20(19)38-24/h3-4,9-11H,5-8,12H2,1-2H3,(H,27,33). The summed E-state index contributed by atoms with van der Waals surface area (Å²) in [6.45, 7) is 1.51. The molecule has 11 nitrogen and oxygen atoms in total. The van der Waals surface area contributed by atoms with Crippen LogP contribution in [0.5, 0.6) is 0 Å². The Morgan fingerprint density at radius 3 is 2.53 bits per heavy atom. The van der Waals surface area contributed by atoms with Crippen LogP contribution in [0.25, 0.3) is 10.2 Å². The van der Waals surface area contributed by atoms with E-state index >= 15 is 0 Å². The molecule has 38 heavy (non-hydrogen) atoms. The monoisotopic (exact) mass is 576 g/mol. The third kappa shape index (κ3) is 6.44. The molecule has 4 rings (SSSR count). The highest BCUT2D eigenvalue weighted by atomic mass is 35.5. The van der Waals surface area contributed by atoms with Gasteiger partial charge in [-0.3, -0.25) is 24.1 Å². The number of esters is 1. The van der Waals surface area contributed by atoms with E-state index in [1.165, 1.54) is 30.3 Å². The fourth-order valence-electron chi connectivity index (χ4n) is 3.76. The average molecular weight is 577 g/mol. The lowest BCUT2D eigenvalue weighted by Crippen LogP contribution is -2.40. The topological polar surface area (TPSA) is 134 Å². The van der Waals surface area contributed by atoms with Gasteiger partial charge in [-0.2, -0.15) is 0 Å². The summed E-state index contributed by atoms with van der Waals surface area (Å²) < 4.78 is 5.60. The van der Waals surface area contributed by atoms with Crippen molar-refractivity contribution in [3.8, 4) is 0 Å². The van der Waals surface area contributed by atoms with Crippen LogP contribution in [0.1, 0.15) is 19.8 Å². The van der Waals surface area contributed by atoms with Crippen LogP contribution in [0.15, 0.2) is 40.6 Å². The van der Waals surface area contributed by atoms with Crippen LogP contribution >= 0.6 is 34.5 Å². The van der Waals surface area contributed by atoms with E-state index in [2.05, 4.69) is 20.5 Å². The number of carbonyl (C=O) groups excluding carboxylic acids is 4. The van der Waals surface area contributed by atoms with Crippen molar-refractivity contribution in [2.24, 2.45) is 10.2 Å². The lowest BCUT2D eigenvalue weighted by molar-refractivity contribution is -0.139. The molecule has 0 bridgehead atoms. The zero-order valence-corrected chi connectivity index (χ0v) is 22.7. The predicted octanol–water partition coefficient (Wildman–Crippen LogP) is 5.11. The number of imide groups is 1. The Morgan fingerprint density at radius 2 is 1.84 bits per heavy atom. The van der Waals surface area contributed by atoms with Crippen molar-refractivity contribution in [1.29, 1.82) is 0 Å². The summed E-state index contributed by atoms with van der Waals surface area (Å²) in [4.78, 5) is 55.3. The van der Waals surface area contributed by atoms with E-state index in [1.54, 1.807) is 35.2 Å². The van der Waals surface area contributed by atoms with Crippen LogP contribution in [0, 0.1) is 0 Å². The number of halogens is 2. The van der Waals surface area contributed by atoms with Gasteiger partial charge in [0, 0.05) is 38.5 Å². The number of amides is 3. The molecular formula is C24H22Cl2N6O5S. The lowest BCUT2D eigenvalue weighted by Gasteiger charge is -2.26. The first-order valence-electron chi connectivity index (χ1n) is 11.4. The highest BCUT2D eigenvalue weighted by Crippen LogP contribution is 2.36. The number of rotatable bonds is 9. The second kappa shape index (κ2) is 11.8. The van der Waals surface area contributed by atoms with Gasteiger partial charge in [-0.05, 0) is 30.3 Å². The Bertz CT molecular complexity index is 1400. The number of fused-ring (bicyclic) bond motifs is 1. The maximum absolute atomic E-state index is 12.1. The van der Waals surface area contributed by atoms with E-state index in [4.69, 9.17) is 27.9 Å². The Labute approximate surface area is 231 Å². The molecule has 1 aliphatic heterocycles. The number of methoxy groups -OCH3 is 1. The minimum absolute atomic E-state index is 0.108. The van der Waals surface area contributed by atoms with E-state index < -0.39 is 5.97 Å². The molecule has 0 radical (unpaired) electrons. The Kier molecular flexibility index (Phi) is 8.55. The van der Waals surface area contributed by atoms with Crippen LogP contribution in [0.2, 0.25) is 10.0 Å². The van der Waals surface area contributed by atoms with Gasteiger partial charge >= 0.3 is 5.97 Å². The second-order valence-corrected chi connectivity index (χ2v) is 10.1. The lowest BCUT2D eigenvalue weighted by atomic mass is 10.2. The molecular weight excluding hydrogens is 555 g/mol. The Morgan fingerprint density at radius 1 is 1.13 bits per heavy atom. The highest BCUT2D eigenvalue weighted by Gasteiger charge is 2.29. The predicted molar refractivity (Wildman–Crippen MR) is 145 cm³/mol. The third-order valence-corrected chi connectivity index (χ3v) is 7.24. The summed E-state index contributed by atoms with van der Waals surface area (Å²) in [5, 5.41) is 12.3. The number of nitrogens with one attached hydrogen (secondary N) is 1. The number of anilines is 2. The minimum atomic E-state index is -0.509. The number of nitrogens with zero attached hydrogens (tertiary/aromatic N) is 5. The van der Waals surface area contributed by atoms with E-state index in [0.29, 0.717) is 37.8 Å². The molecule has 1 aliphatic rings. The van der Waals surface area contributed by atoms with Gasteiger partial charge in [0.15, 0.2) is 0 Å². The number of aromatic nitrogens is 1. The van der Waals surface area contributed by atoms with E-state index in [1.807, 2.05) is 0 Å². The zero-order valence-electron chi connectivity index (χ0n) is 20.4. The van der Waals surface area contributed by atoms with Gasteiger partial charge in [0.05, 0.1) is 33.1 Å². The minimum Gasteiger partial charge on any atom is -0.468 e. The van der Waals surface area contributed by atoms with E-state index in [9.17, 15) is 19.2 Å². The van der Waals surface area contributed by atoms with Gasteiger partial charge in [-0.15, -0.1) is 10.2 Å². The quantitative estimate of drug-likeness (QED) is 0.212. The maximum Gasteiger partial charge on any atom is 0.325 e. The third-order valence-electron chi connectivity index (χ3n) is 5.61. The summed E-state index contributed by atoms with van der Waals surface area (Å²) in [5.74, 6) is -1.34. The molecule has 0 spiro atoms. The number of carbonyl (C=O) groups is 4. The van der Waals surface area contributed by atoms with Crippen molar-refractivity contribution in [1.82, 2.24) is 9.88 Å². The molecule has 1 N–H and O–H groups in total. The van der Waals surface area contributed by atoms with Gasteiger partial charge in [-0.1, -0.05) is 34.5 Å². The van der Waals surface area contributed by atoms with Crippen molar-refractivity contribution >= 4 is 90.6 Å². The molecule has 3 aromatic rings. The molecule has 3 amide bonds. The molecule has 1 fully saturated rings. The fraction of sp³-hybridized carbons (Fsp3) is 0.292. The number of hydrogen-bond donors (Lipinski definition) is 1. The van der Waals surface area contributed by atoms with Crippen LogP contribution in [0.4, 0.5) is 22.2 Å². The van der Waals surface area contributed by atoms with Gasteiger partial charge in [0.25, 0.3) is 0 Å². The summed E-state index contributed by atoms with van der Waals surface area (Å²) in [7, 11) is 1.27. The van der Waals surface area contributed by atoms with Crippen molar-refractivity contribution in [2.75, 3.05) is 37.0 Å². The first kappa shape index (κ1) is 27.4. The van der Waals surface area contributed by atoms with Gasteiger partial charge in [-0.25, -0.2) is 4.98 Å². The molecule has 1 saturated heterocycles. The first-order valence-corrected chi connectivity index (χ1v) is 13.0. The summed E-state index contributed by atoms with van der Waals surface area (Å²) in [6, 6.07) is 8.29. The average Bonchev–Trinajstić information content (AvgIpc) is 3.41. The SMILES string of the molecule is COC(=O)CN(CCN1C(=O)CCC1=O)c1ccc(N=Nc2nc3cc(Cl)c(Cl)cc3s2)c(NC(C)=O)c1. The van der Waals surface area contributed by atoms with Crippen LogP contribution in [-0.4, -0.2) is 60.3 Å².